The van der Waals surface area contributed by atoms with Crippen LogP contribution in [0.1, 0.15) is 167 Å². The van der Waals surface area contributed by atoms with E-state index in [0.29, 0.717) is 23.6 Å². The summed E-state index contributed by atoms with van der Waals surface area (Å²) in [5, 5.41) is 0. The highest BCUT2D eigenvalue weighted by molar-refractivity contribution is 6.00. The minimum atomic E-state index is -0.578. The van der Waals surface area contributed by atoms with Crippen LogP contribution in [0.3, 0.4) is 0 Å². The van der Waals surface area contributed by atoms with Gasteiger partial charge in [-0.05, 0) is 37.9 Å². The van der Waals surface area contributed by atoms with Gasteiger partial charge in [-0.1, -0.05) is 32.1 Å². The van der Waals surface area contributed by atoms with Crippen molar-refractivity contribution >= 4 is 11.7 Å². The summed E-state index contributed by atoms with van der Waals surface area (Å²) >= 11 is 0. The average Bonchev–Trinajstić information content (AvgIpc) is 0.722. The van der Waals surface area contributed by atoms with Gasteiger partial charge < -0.3 is 14.6 Å². The van der Waals surface area contributed by atoms with Crippen LogP contribution in [0.25, 0.3) is 16.1 Å². The molecule has 7 heteroatoms. The number of allylic oxidation sites excluding steroid dienone is 2. The van der Waals surface area contributed by atoms with Crippen molar-refractivity contribution in [2.75, 3.05) is 38.1 Å². The standard InChI is InChI=1S/C26H28FN5O.46H2/c1-16-19-10-9-18-22(17-7-5-6-8-20(17)27)29-25(32-13-11-31(4)12-14-32)30-24(18)26(19,2)15-21(28-3)23(16)33;;;;;;;;;;;;;;;;;;;;;;;;;;;;;;;;;;;;;;;;;;;;;;/h5-8,15-16,19H,9-14H2,1-2,4H3;46*1H/t16-,19-,26-;;;;;;;;;;;;;;;;;;;;;;;;;;;;;;;;;;;;;;;;;;;;;;/m1............................................../s1/i;45*1+2T;1+2. The lowest BCUT2D eigenvalue weighted by molar-refractivity contribution is -0.121. The number of rotatable bonds is 2. The van der Waals surface area contributed by atoms with Crippen molar-refractivity contribution in [2.24, 2.45) is 11.8 Å². The molecule has 1 aromatic carbocycles. The van der Waals surface area contributed by atoms with E-state index in [-0.39, 0.29) is 30.6 Å². The van der Waals surface area contributed by atoms with Gasteiger partial charge in [0.1, 0.15) is 5.82 Å². The molecule has 262 valence electrons. The molecular formula is C26H120FN5O. The first kappa shape index (κ1) is 4.01. The molecule has 1 fully saturated rings. The van der Waals surface area contributed by atoms with Crippen molar-refractivity contribution in [1.29, 1.82) is 0 Å². The number of likely N-dealkylation sites (N-methyl/N-ethyl adjacent to an activating group) is 1. The Morgan fingerprint density at radius 3 is 2.67 bits per heavy atom. The lowest BCUT2D eigenvalue weighted by Crippen LogP contribution is -2.47. The van der Waals surface area contributed by atoms with Crippen LogP contribution in [0.2, 0.25) is 0 Å². The summed E-state index contributed by atoms with van der Waals surface area (Å²) in [6.45, 7) is 15.0. The number of ketones is 1. The van der Waals surface area contributed by atoms with Gasteiger partial charge in [-0.15, -0.1) is 0 Å². The SMILES string of the molecule is [3HH].[3H][3H].[3H][3H].[3H][3H].[3H][3H].[3H][3H].[3H][3H].[3H][3H].[3H][3H].[3H][3H].[3H][3H].[3H][3H].[3H][3H].[3H][3H].[3H][3H].[3H][3H].[3H][3H].[3H][3H].[3H][3H].[3H][3H].[3H][3H].[3H][3H].[3H][3H].[3H][3H].[3H][3H].[3H][3H].[3H][3H].[3H][3H].[3H][3H].[3H][3H].[3H][3H].[3H][3H].[3H][3H].[3H][3H].[3H][3H].[3H][3H].[3H][3H].[3H][3H].[3H][3H].[3H][3H].[3H][3H].[3H][3H].[3H][3H].[3H][3H].[3H][3H].[3H][3H].[C-]#[N+]C1=C[C@@]2(C)c3nc(N4CCN(C)CC4)nc(-c4ccccc4F)c3CC[C@@H]2[C@@H](C)C1=O. The molecule has 3 aliphatic rings. The van der Waals surface area contributed by atoms with Crippen molar-refractivity contribution in [3.8, 4) is 11.3 Å². The summed E-state index contributed by atoms with van der Waals surface area (Å²) in [5.74, 6) is 0.00500. The predicted octanol–water partition coefficient (Wildman–Crippen LogP) is 15.2. The fraction of sp³-hybridized carbons (Fsp3) is 0.462. The summed E-state index contributed by atoms with van der Waals surface area (Å²) in [6, 6.07) is 6.75. The number of carbonyl (C=O) groups is 1. The van der Waals surface area contributed by atoms with Gasteiger partial charge in [-0.25, -0.2) is 19.2 Å². The van der Waals surface area contributed by atoms with Gasteiger partial charge in [0.2, 0.25) is 11.6 Å². The monoisotopic (exact) mass is 721 g/mol. The highest BCUT2D eigenvalue weighted by Gasteiger charge is 2.49. The number of anilines is 1. The quantitative estimate of drug-likeness (QED) is 0.289. The van der Waals surface area contributed by atoms with Gasteiger partial charge in [0.25, 0.3) is 0 Å². The Hall–Kier alpha value is -3.11. The van der Waals surface area contributed by atoms with Crippen LogP contribution in [-0.2, 0) is 16.6 Å². The zero-order valence-corrected chi connectivity index (χ0v) is 19.3. The van der Waals surface area contributed by atoms with E-state index in [0.717, 1.165) is 43.9 Å². The Morgan fingerprint density at radius 1 is 1.24 bits per heavy atom. The summed E-state index contributed by atoms with van der Waals surface area (Å²) in [7, 11) is 2.10. The largest absolute Gasteiger partial charge is 0.338 e. The third-order valence-electron chi connectivity index (χ3n) is 7.72. The van der Waals surface area contributed by atoms with E-state index < -0.39 is 5.41 Å². The number of fused-ring (bicyclic) bond motifs is 3. The first-order chi connectivity index (χ1) is 60.8. The minimum absolute atomic E-state index is 0. The number of Topliss-reactive ketones (excluding diaryl/α,β-unsaturated/α-hetero) is 1. The summed E-state index contributed by atoms with van der Waals surface area (Å²) in [4.78, 5) is 30.7. The number of hydrogen-bond acceptors (Lipinski definition) is 5. The number of hydrogen-bond donors (Lipinski definition) is 0. The van der Waals surface area contributed by atoms with Crippen molar-refractivity contribution < 1.29 is 144 Å². The van der Waals surface area contributed by atoms with E-state index in [2.05, 4.69) is 28.6 Å². The number of halogens is 1. The van der Waals surface area contributed by atoms with E-state index in [4.69, 9.17) is 150 Å². The Morgan fingerprint density at radius 2 is 1.97 bits per heavy atom. The van der Waals surface area contributed by atoms with E-state index in [1.807, 2.05) is 19.1 Å². The zero-order valence-electron chi connectivity index (χ0n) is 109. The van der Waals surface area contributed by atoms with Crippen LogP contribution < -0.4 is 4.90 Å². The zero-order chi connectivity index (χ0) is 113. The highest BCUT2D eigenvalue weighted by Crippen LogP contribution is 2.51. The van der Waals surface area contributed by atoms with Crippen LogP contribution in [0.4, 0.5) is 10.3 Å². The second kappa shape index (κ2) is 8.03. The second-order valence-electron chi connectivity index (χ2n) is 9.69. The summed E-state index contributed by atoms with van der Waals surface area (Å²) < 4.78 is 465. The maximum absolute atomic E-state index is 15.0. The molecule has 0 N–H and O–H groups in total. The van der Waals surface area contributed by atoms with E-state index in [1.165, 1.54) is 6.07 Å². The number of nitrogens with zero attached hydrogens (tertiary/aromatic N) is 5. The van der Waals surface area contributed by atoms with Gasteiger partial charge in [-0.2, -0.15) is 0 Å². The highest BCUT2D eigenvalue weighted by atomic mass is 19.1. The Labute approximate surface area is 334 Å². The van der Waals surface area contributed by atoms with Crippen molar-refractivity contribution in [1.82, 2.24) is 14.9 Å². The van der Waals surface area contributed by atoms with Crippen LogP contribution in [0, 0.1) is 24.2 Å². The van der Waals surface area contributed by atoms with E-state index in [9.17, 15) is 9.18 Å². The van der Waals surface area contributed by atoms with Crippen molar-refractivity contribution in [2.45, 2.75) is 32.1 Å². The van der Waals surface area contributed by atoms with Crippen molar-refractivity contribution in [3.63, 3.8) is 0 Å². The molecule has 0 spiro atoms. The molecule has 6 nitrogen and oxygen atoms in total. The first-order valence-electron chi connectivity index (χ1n) is 56.6. The molecule has 33 heavy (non-hydrogen) atoms. The smallest absolute Gasteiger partial charge is 0.226 e. The van der Waals surface area contributed by atoms with Gasteiger partial charge in [0.05, 0.1) is 18.0 Å². The molecule has 2 aromatic rings. The molecular weight excluding hydrogens is 417 g/mol. The van der Waals surface area contributed by atoms with Crippen LogP contribution in [-0.4, -0.2) is 53.9 Å². The predicted molar refractivity (Wildman–Crippen MR) is 222 cm³/mol. The molecule has 1 saturated heterocycles. The molecule has 1 aliphatic heterocycles. The van der Waals surface area contributed by atoms with E-state index >= 15 is 0 Å². The Kier molecular flexibility index (Phi) is 0.976. The molecule has 1 aromatic heterocycles. The van der Waals surface area contributed by atoms with Gasteiger partial charge >= 0.3 is 0 Å². The molecule has 0 unspecified atom stereocenters. The second-order valence-corrected chi connectivity index (χ2v) is 9.69. The Bertz CT molecular complexity index is 1300. The summed E-state index contributed by atoms with van der Waals surface area (Å²) in [6.07, 6.45) is 3.27. The molecule has 2 aliphatic carbocycles. The van der Waals surface area contributed by atoms with Crippen LogP contribution in [0.5, 0.6) is 0 Å². The normalized spacial score (nSPS) is 38.3. The van der Waals surface area contributed by atoms with E-state index in [1.54, 1.807) is 12.1 Å². The molecule has 2 heterocycles. The number of benzene rings is 1. The Balaban J connectivity index is -0.0000000159. The summed E-state index contributed by atoms with van der Waals surface area (Å²) in [5.41, 5.74) is 2.48. The third-order valence-corrected chi connectivity index (χ3v) is 7.72. The molecule has 0 bridgehead atoms. The topological polar surface area (TPSA) is 53.7 Å². The lowest BCUT2D eigenvalue weighted by Gasteiger charge is -2.46. The fourth-order valence-corrected chi connectivity index (χ4v) is 5.76. The third kappa shape index (κ3) is 3.44. The van der Waals surface area contributed by atoms with Crippen LogP contribution >= 0.6 is 0 Å². The van der Waals surface area contributed by atoms with Gasteiger partial charge in [0, 0.05) is 184 Å². The number of aromatic nitrogens is 2. The van der Waals surface area contributed by atoms with Crippen molar-refractivity contribution in [3.05, 3.63) is 64.5 Å². The maximum atomic E-state index is 15.0. The van der Waals surface area contributed by atoms with Gasteiger partial charge in [0.15, 0.2) is 5.78 Å². The average molecular weight is 721 g/mol. The molecule has 3 atom stereocenters. The minimum Gasteiger partial charge on any atom is -0.338 e. The number of piperazine rings is 1. The molecule has 5 rings (SSSR count). The fourth-order valence-electron chi connectivity index (χ4n) is 5.76. The van der Waals surface area contributed by atoms with Crippen LogP contribution in [0.15, 0.2) is 36.0 Å². The molecule has 0 amide bonds. The van der Waals surface area contributed by atoms with Gasteiger partial charge in [-0.3, -0.25) is 0 Å². The maximum Gasteiger partial charge on any atom is 0.226 e. The first-order valence-corrected chi connectivity index (χ1v) is 11.6. The molecule has 0 radical (unpaired) electrons. The molecule has 0 saturated carbocycles. The number of carbonyl (C=O) groups excluding carboxylic acids is 1. The lowest BCUT2D eigenvalue weighted by atomic mass is 9.58.